The Hall–Kier alpha value is -2.14. The standard InChI is InChI=1S/C18H21NO3S/c1-13(2)16-6-4-5-15(11-16)12-18(20)19-23(21,22)17-9-7-14(3)8-10-17/h4-11,13H,12H2,1-3H3,(H,19,20). The number of sulfonamides is 1. The maximum Gasteiger partial charge on any atom is 0.264 e. The fraction of sp³-hybridized carbons (Fsp3) is 0.278. The molecule has 0 fully saturated rings. The van der Waals surface area contributed by atoms with Crippen LogP contribution in [0, 0.1) is 6.92 Å². The predicted molar refractivity (Wildman–Crippen MR) is 90.7 cm³/mol. The van der Waals surface area contributed by atoms with Crippen molar-refractivity contribution in [2.75, 3.05) is 0 Å². The zero-order chi connectivity index (χ0) is 17.0. The van der Waals surface area contributed by atoms with Crippen molar-refractivity contribution in [3.05, 3.63) is 65.2 Å². The van der Waals surface area contributed by atoms with Crippen LogP contribution >= 0.6 is 0 Å². The van der Waals surface area contributed by atoms with Gasteiger partial charge < -0.3 is 0 Å². The van der Waals surface area contributed by atoms with Crippen molar-refractivity contribution in [2.24, 2.45) is 0 Å². The Morgan fingerprint density at radius 2 is 1.74 bits per heavy atom. The molecule has 0 radical (unpaired) electrons. The highest BCUT2D eigenvalue weighted by atomic mass is 32.2. The number of rotatable bonds is 5. The van der Waals surface area contributed by atoms with Gasteiger partial charge >= 0.3 is 0 Å². The average molecular weight is 331 g/mol. The molecule has 23 heavy (non-hydrogen) atoms. The second-order valence-electron chi connectivity index (χ2n) is 5.92. The first kappa shape index (κ1) is 17.2. The van der Waals surface area contributed by atoms with Gasteiger partial charge in [0.25, 0.3) is 10.0 Å². The first-order valence-electron chi connectivity index (χ1n) is 7.49. The summed E-state index contributed by atoms with van der Waals surface area (Å²) in [4.78, 5) is 12.1. The lowest BCUT2D eigenvalue weighted by atomic mass is 10.00. The molecule has 2 rings (SSSR count). The monoisotopic (exact) mass is 331 g/mol. The summed E-state index contributed by atoms with van der Waals surface area (Å²) < 4.78 is 26.5. The van der Waals surface area contributed by atoms with Crippen LogP contribution in [0.3, 0.4) is 0 Å². The van der Waals surface area contributed by atoms with Gasteiger partial charge in [-0.2, -0.15) is 0 Å². The lowest BCUT2D eigenvalue weighted by Gasteiger charge is -2.09. The molecule has 1 N–H and O–H groups in total. The van der Waals surface area contributed by atoms with Crippen LogP contribution in [-0.4, -0.2) is 14.3 Å². The Kier molecular flexibility index (Phi) is 5.21. The predicted octanol–water partition coefficient (Wildman–Crippen LogP) is 3.17. The van der Waals surface area contributed by atoms with Gasteiger partial charge in [0.05, 0.1) is 11.3 Å². The first-order valence-corrected chi connectivity index (χ1v) is 8.97. The molecule has 0 heterocycles. The molecule has 4 nitrogen and oxygen atoms in total. The number of hydrogen-bond acceptors (Lipinski definition) is 3. The Morgan fingerprint density at radius 1 is 1.09 bits per heavy atom. The zero-order valence-electron chi connectivity index (χ0n) is 13.5. The Bertz CT molecular complexity index is 793. The molecule has 5 heteroatoms. The molecule has 122 valence electrons. The SMILES string of the molecule is Cc1ccc(S(=O)(=O)NC(=O)Cc2cccc(C(C)C)c2)cc1. The van der Waals surface area contributed by atoms with Crippen molar-refractivity contribution in [2.45, 2.75) is 38.0 Å². The zero-order valence-corrected chi connectivity index (χ0v) is 14.4. The minimum Gasteiger partial charge on any atom is -0.274 e. The van der Waals surface area contributed by atoms with Crippen molar-refractivity contribution in [1.82, 2.24) is 4.72 Å². The highest BCUT2D eigenvalue weighted by Crippen LogP contribution is 2.16. The van der Waals surface area contributed by atoms with E-state index in [9.17, 15) is 13.2 Å². The highest BCUT2D eigenvalue weighted by Gasteiger charge is 2.17. The van der Waals surface area contributed by atoms with Gasteiger partial charge in [-0.3, -0.25) is 4.79 Å². The van der Waals surface area contributed by atoms with E-state index >= 15 is 0 Å². The van der Waals surface area contributed by atoms with E-state index in [2.05, 4.69) is 18.6 Å². The van der Waals surface area contributed by atoms with E-state index < -0.39 is 15.9 Å². The molecule has 2 aromatic carbocycles. The highest BCUT2D eigenvalue weighted by molar-refractivity contribution is 7.90. The van der Waals surface area contributed by atoms with E-state index in [0.29, 0.717) is 5.92 Å². The summed E-state index contributed by atoms with van der Waals surface area (Å²) in [6.07, 6.45) is 0.0334. The quantitative estimate of drug-likeness (QED) is 0.915. The largest absolute Gasteiger partial charge is 0.274 e. The van der Waals surface area contributed by atoms with Crippen LogP contribution < -0.4 is 4.72 Å². The number of aryl methyl sites for hydroxylation is 1. The third-order valence-electron chi connectivity index (χ3n) is 3.56. The van der Waals surface area contributed by atoms with Crippen LogP contribution in [0.4, 0.5) is 0 Å². The number of hydrogen-bond donors (Lipinski definition) is 1. The van der Waals surface area contributed by atoms with E-state index in [1.807, 2.05) is 31.2 Å². The van der Waals surface area contributed by atoms with Crippen molar-refractivity contribution in [3.8, 4) is 0 Å². The van der Waals surface area contributed by atoms with Gasteiger partial charge in [-0.05, 0) is 36.1 Å². The Labute approximate surface area is 137 Å². The maximum absolute atomic E-state index is 12.2. The van der Waals surface area contributed by atoms with Crippen LogP contribution in [0.5, 0.6) is 0 Å². The molecule has 0 unspecified atom stereocenters. The van der Waals surface area contributed by atoms with Crippen molar-refractivity contribution in [3.63, 3.8) is 0 Å². The summed E-state index contributed by atoms with van der Waals surface area (Å²) in [6, 6.07) is 14.0. The van der Waals surface area contributed by atoms with E-state index in [0.717, 1.165) is 16.7 Å². The topological polar surface area (TPSA) is 63.2 Å². The Morgan fingerprint density at radius 3 is 2.35 bits per heavy atom. The second-order valence-corrected chi connectivity index (χ2v) is 7.60. The summed E-state index contributed by atoms with van der Waals surface area (Å²) in [5, 5.41) is 0. The number of benzene rings is 2. The third-order valence-corrected chi connectivity index (χ3v) is 4.95. The van der Waals surface area contributed by atoms with Gasteiger partial charge in [-0.1, -0.05) is 55.8 Å². The third kappa shape index (κ3) is 4.66. The summed E-state index contributed by atoms with van der Waals surface area (Å²) in [7, 11) is -3.82. The van der Waals surface area contributed by atoms with Gasteiger partial charge in [-0.25, -0.2) is 13.1 Å². The van der Waals surface area contributed by atoms with Crippen LogP contribution in [-0.2, 0) is 21.2 Å². The van der Waals surface area contributed by atoms with Crippen LogP contribution in [0.15, 0.2) is 53.4 Å². The first-order chi connectivity index (χ1) is 10.8. The number of amides is 1. The van der Waals surface area contributed by atoms with E-state index in [4.69, 9.17) is 0 Å². The molecule has 0 aromatic heterocycles. The molecule has 1 amide bonds. The van der Waals surface area contributed by atoms with Gasteiger partial charge in [0.1, 0.15) is 0 Å². The lowest BCUT2D eigenvalue weighted by molar-refractivity contribution is -0.118. The number of carbonyl (C=O) groups excluding carboxylic acids is 1. The van der Waals surface area contributed by atoms with Crippen molar-refractivity contribution in [1.29, 1.82) is 0 Å². The number of carbonyl (C=O) groups is 1. The smallest absolute Gasteiger partial charge is 0.264 e. The fourth-order valence-corrected chi connectivity index (χ4v) is 3.19. The molecule has 0 aliphatic heterocycles. The molecule has 0 saturated heterocycles. The van der Waals surface area contributed by atoms with Gasteiger partial charge in [0.2, 0.25) is 5.91 Å². The maximum atomic E-state index is 12.2. The average Bonchev–Trinajstić information content (AvgIpc) is 2.47. The molecule has 0 atom stereocenters. The van der Waals surface area contributed by atoms with Crippen molar-refractivity contribution >= 4 is 15.9 Å². The van der Waals surface area contributed by atoms with Crippen LogP contribution in [0.1, 0.15) is 36.5 Å². The van der Waals surface area contributed by atoms with Gasteiger partial charge in [-0.15, -0.1) is 0 Å². The molecule has 0 bridgehead atoms. The molecule has 0 aliphatic rings. The van der Waals surface area contributed by atoms with E-state index in [-0.39, 0.29) is 11.3 Å². The Balaban J connectivity index is 2.10. The summed E-state index contributed by atoms with van der Waals surface area (Å²) in [6.45, 7) is 6.01. The van der Waals surface area contributed by atoms with Gasteiger partial charge in [0.15, 0.2) is 0 Å². The number of nitrogens with one attached hydrogen (secondary N) is 1. The second kappa shape index (κ2) is 6.96. The van der Waals surface area contributed by atoms with Gasteiger partial charge in [0, 0.05) is 0 Å². The minimum atomic E-state index is -3.82. The fourth-order valence-electron chi connectivity index (χ4n) is 2.21. The molecule has 0 saturated carbocycles. The molecular formula is C18H21NO3S. The summed E-state index contributed by atoms with van der Waals surface area (Å²) in [5.74, 6) is -0.180. The van der Waals surface area contributed by atoms with E-state index in [1.165, 1.54) is 12.1 Å². The van der Waals surface area contributed by atoms with Crippen LogP contribution in [0.2, 0.25) is 0 Å². The summed E-state index contributed by atoms with van der Waals surface area (Å²) in [5.41, 5.74) is 2.88. The molecule has 0 aliphatic carbocycles. The molecule has 0 spiro atoms. The van der Waals surface area contributed by atoms with Crippen molar-refractivity contribution < 1.29 is 13.2 Å². The lowest BCUT2D eigenvalue weighted by Crippen LogP contribution is -2.31. The normalized spacial score (nSPS) is 11.5. The van der Waals surface area contributed by atoms with Crippen LogP contribution in [0.25, 0.3) is 0 Å². The molecule has 2 aromatic rings. The minimum absolute atomic E-state index is 0.0334. The van der Waals surface area contributed by atoms with E-state index in [1.54, 1.807) is 12.1 Å². The summed E-state index contributed by atoms with van der Waals surface area (Å²) >= 11 is 0. The molecular weight excluding hydrogens is 310 g/mol.